The van der Waals surface area contributed by atoms with Crippen LogP contribution in [0, 0.1) is 0 Å². The molecule has 142 valence electrons. The zero-order valence-corrected chi connectivity index (χ0v) is 14.4. The number of hydrogen-bond donors (Lipinski definition) is 3. The summed E-state index contributed by atoms with van der Waals surface area (Å²) in [6, 6.07) is 18.4. The normalized spacial score (nSPS) is 16.0. The van der Waals surface area contributed by atoms with Crippen LogP contribution in [-0.2, 0) is 22.7 Å². The zero-order valence-electron chi connectivity index (χ0n) is 14.4. The molecule has 2 aromatic rings. The van der Waals surface area contributed by atoms with Gasteiger partial charge in [-0.3, -0.25) is 0 Å². The molecule has 0 spiro atoms. The lowest BCUT2D eigenvalue weighted by Gasteiger charge is -2.27. The Morgan fingerprint density at radius 2 is 1.35 bits per heavy atom. The number of halogens is 1. The highest BCUT2D eigenvalue weighted by molar-refractivity contribution is 5.14. The van der Waals surface area contributed by atoms with Crippen LogP contribution in [-0.4, -0.2) is 53.0 Å². The van der Waals surface area contributed by atoms with Crippen molar-refractivity contribution in [2.45, 2.75) is 37.7 Å². The van der Waals surface area contributed by atoms with Crippen LogP contribution in [0.3, 0.4) is 0 Å². The molecule has 2 aromatic carbocycles. The van der Waals surface area contributed by atoms with Gasteiger partial charge in [0.05, 0.1) is 26.4 Å². The van der Waals surface area contributed by atoms with Crippen molar-refractivity contribution in [1.82, 2.24) is 0 Å². The molecule has 0 aromatic heterocycles. The Bertz CT molecular complexity index is 610. The summed E-state index contributed by atoms with van der Waals surface area (Å²) in [6.07, 6.45) is -6.20. The van der Waals surface area contributed by atoms with Crippen LogP contribution in [0.25, 0.3) is 0 Å². The van der Waals surface area contributed by atoms with Crippen molar-refractivity contribution in [3.05, 3.63) is 71.8 Å². The van der Waals surface area contributed by atoms with Gasteiger partial charge in [0, 0.05) is 0 Å². The van der Waals surface area contributed by atoms with E-state index in [1.807, 2.05) is 60.7 Å². The van der Waals surface area contributed by atoms with Crippen molar-refractivity contribution in [2.75, 3.05) is 13.2 Å². The minimum atomic E-state index is -1.80. The van der Waals surface area contributed by atoms with Crippen molar-refractivity contribution < 1.29 is 29.2 Å². The minimum Gasteiger partial charge on any atom is -0.394 e. The van der Waals surface area contributed by atoms with Crippen LogP contribution < -0.4 is 0 Å². The molecule has 0 aliphatic heterocycles. The highest BCUT2D eigenvalue weighted by atomic mass is 19.1. The third kappa shape index (κ3) is 6.48. The lowest BCUT2D eigenvalue weighted by molar-refractivity contribution is -0.135. The number of aliphatic hydroxyl groups is 3. The van der Waals surface area contributed by atoms with Crippen molar-refractivity contribution in [2.24, 2.45) is 0 Å². The van der Waals surface area contributed by atoms with Gasteiger partial charge in [-0.25, -0.2) is 4.39 Å². The molecule has 6 heteroatoms. The molecule has 0 bridgehead atoms. The van der Waals surface area contributed by atoms with Crippen molar-refractivity contribution >= 4 is 0 Å². The Morgan fingerprint density at radius 1 is 0.808 bits per heavy atom. The maximum Gasteiger partial charge on any atom is 0.152 e. The monoisotopic (exact) mass is 364 g/mol. The average molecular weight is 364 g/mol. The summed E-state index contributed by atoms with van der Waals surface area (Å²) in [5, 5.41) is 29.5. The van der Waals surface area contributed by atoms with Gasteiger partial charge in [0.25, 0.3) is 0 Å². The van der Waals surface area contributed by atoms with Gasteiger partial charge in [0.2, 0.25) is 0 Å². The molecule has 26 heavy (non-hydrogen) atoms. The second-order valence-electron chi connectivity index (χ2n) is 6.02. The Hall–Kier alpha value is -1.83. The third-order valence-electron chi connectivity index (χ3n) is 3.98. The molecule has 0 heterocycles. The van der Waals surface area contributed by atoms with Crippen LogP contribution in [0.5, 0.6) is 0 Å². The lowest BCUT2D eigenvalue weighted by Crippen LogP contribution is -2.46. The molecule has 5 nitrogen and oxygen atoms in total. The summed E-state index contributed by atoms with van der Waals surface area (Å²) >= 11 is 0. The summed E-state index contributed by atoms with van der Waals surface area (Å²) in [4.78, 5) is 0. The van der Waals surface area contributed by atoms with Gasteiger partial charge in [-0.2, -0.15) is 0 Å². The van der Waals surface area contributed by atoms with E-state index < -0.39 is 31.1 Å². The highest BCUT2D eigenvalue weighted by Gasteiger charge is 2.33. The van der Waals surface area contributed by atoms with Crippen LogP contribution in [0.4, 0.5) is 4.39 Å². The quantitative estimate of drug-likeness (QED) is 0.567. The van der Waals surface area contributed by atoms with E-state index in [0.717, 1.165) is 11.1 Å². The molecule has 4 atom stereocenters. The van der Waals surface area contributed by atoms with Crippen LogP contribution in [0.2, 0.25) is 0 Å². The van der Waals surface area contributed by atoms with E-state index in [9.17, 15) is 19.7 Å². The van der Waals surface area contributed by atoms with E-state index in [-0.39, 0.29) is 19.8 Å². The first-order valence-corrected chi connectivity index (χ1v) is 8.50. The van der Waals surface area contributed by atoms with Gasteiger partial charge in [-0.1, -0.05) is 60.7 Å². The molecule has 0 radical (unpaired) electrons. The number of ether oxygens (including phenoxy) is 2. The van der Waals surface area contributed by atoms with Crippen LogP contribution >= 0.6 is 0 Å². The maximum absolute atomic E-state index is 14.1. The standard InChI is InChI=1S/C20H25FO5/c21-17(14-25-12-15-7-3-1-4-8-15)19(23)20(24)18(11-22)26-13-16-9-5-2-6-10-16/h1-10,17-20,22-24H,11-14H2/t17-,18+,19+,20-/m0/s1. The predicted molar refractivity (Wildman–Crippen MR) is 95.1 cm³/mol. The lowest BCUT2D eigenvalue weighted by atomic mass is 10.0. The predicted octanol–water partition coefficient (Wildman–Crippen LogP) is 1.84. The van der Waals surface area contributed by atoms with E-state index in [1.165, 1.54) is 0 Å². The molecule has 0 aliphatic carbocycles. The van der Waals surface area contributed by atoms with Crippen LogP contribution in [0.1, 0.15) is 11.1 Å². The third-order valence-corrected chi connectivity index (χ3v) is 3.98. The summed E-state index contributed by atoms with van der Waals surface area (Å²) in [7, 11) is 0. The summed E-state index contributed by atoms with van der Waals surface area (Å²) < 4.78 is 24.8. The van der Waals surface area contributed by atoms with E-state index in [4.69, 9.17) is 9.47 Å². The SMILES string of the molecule is OC[C@@H](OCc1ccccc1)[C@H](O)[C@H](O)[C@@H](F)COCc1ccccc1. The highest BCUT2D eigenvalue weighted by Crippen LogP contribution is 2.14. The summed E-state index contributed by atoms with van der Waals surface area (Å²) in [5.41, 5.74) is 1.73. The number of alkyl halides is 1. The van der Waals surface area contributed by atoms with Gasteiger partial charge < -0.3 is 24.8 Å². The Morgan fingerprint density at radius 3 is 1.88 bits per heavy atom. The largest absolute Gasteiger partial charge is 0.394 e. The number of benzene rings is 2. The Kier molecular flexibility index (Phi) is 8.67. The fraction of sp³-hybridized carbons (Fsp3) is 0.400. The van der Waals surface area contributed by atoms with Gasteiger partial charge in [-0.15, -0.1) is 0 Å². The molecule has 0 saturated carbocycles. The molecule has 0 aliphatic rings. The first kappa shape index (κ1) is 20.5. The first-order valence-electron chi connectivity index (χ1n) is 8.50. The van der Waals surface area contributed by atoms with Crippen molar-refractivity contribution in [3.63, 3.8) is 0 Å². The second-order valence-corrected chi connectivity index (χ2v) is 6.02. The molecule has 0 amide bonds. The molecule has 2 rings (SSSR count). The van der Waals surface area contributed by atoms with Gasteiger partial charge in [0.1, 0.15) is 18.3 Å². The molecule has 0 fully saturated rings. The molecule has 0 unspecified atom stereocenters. The number of rotatable bonds is 11. The van der Waals surface area contributed by atoms with E-state index in [2.05, 4.69) is 0 Å². The van der Waals surface area contributed by atoms with E-state index in [0.29, 0.717) is 0 Å². The smallest absolute Gasteiger partial charge is 0.152 e. The topological polar surface area (TPSA) is 79.2 Å². The molecule has 0 saturated heterocycles. The fourth-order valence-electron chi connectivity index (χ4n) is 2.43. The average Bonchev–Trinajstić information content (AvgIpc) is 2.69. The van der Waals surface area contributed by atoms with Gasteiger partial charge in [0.15, 0.2) is 6.17 Å². The van der Waals surface area contributed by atoms with E-state index >= 15 is 0 Å². The fourth-order valence-corrected chi connectivity index (χ4v) is 2.43. The Labute approximate surface area is 152 Å². The number of aliphatic hydroxyl groups excluding tert-OH is 3. The number of hydrogen-bond acceptors (Lipinski definition) is 5. The summed E-state index contributed by atoms with van der Waals surface area (Å²) in [6.45, 7) is -0.568. The van der Waals surface area contributed by atoms with Crippen molar-refractivity contribution in [3.8, 4) is 0 Å². The van der Waals surface area contributed by atoms with Crippen molar-refractivity contribution in [1.29, 1.82) is 0 Å². The van der Waals surface area contributed by atoms with Gasteiger partial charge in [-0.05, 0) is 11.1 Å². The molecular formula is C20H25FO5. The molecule has 3 N–H and O–H groups in total. The van der Waals surface area contributed by atoms with Gasteiger partial charge >= 0.3 is 0 Å². The maximum atomic E-state index is 14.1. The second kappa shape index (κ2) is 11.0. The zero-order chi connectivity index (χ0) is 18.8. The first-order chi connectivity index (χ1) is 12.6. The van der Waals surface area contributed by atoms with E-state index in [1.54, 1.807) is 0 Å². The van der Waals surface area contributed by atoms with Crippen LogP contribution in [0.15, 0.2) is 60.7 Å². The minimum absolute atomic E-state index is 0.136. The molecular weight excluding hydrogens is 339 g/mol. The Balaban J connectivity index is 1.78. The summed E-state index contributed by atoms with van der Waals surface area (Å²) in [5.74, 6) is 0.